The van der Waals surface area contributed by atoms with Crippen molar-refractivity contribution in [1.82, 2.24) is 9.97 Å². The van der Waals surface area contributed by atoms with E-state index in [0.717, 1.165) is 10.0 Å². The topological polar surface area (TPSA) is 25.8 Å². The summed E-state index contributed by atoms with van der Waals surface area (Å²) in [6.45, 7) is 0. The molecule has 0 aliphatic carbocycles. The van der Waals surface area contributed by atoms with Gasteiger partial charge in [-0.1, -0.05) is 6.07 Å². The van der Waals surface area contributed by atoms with E-state index in [4.69, 9.17) is 0 Å². The van der Waals surface area contributed by atoms with Crippen molar-refractivity contribution in [3.63, 3.8) is 0 Å². The molecule has 2 nitrogen and oxygen atoms in total. The van der Waals surface area contributed by atoms with Crippen molar-refractivity contribution in [2.24, 2.45) is 0 Å². The molecule has 0 amide bonds. The van der Waals surface area contributed by atoms with Crippen molar-refractivity contribution < 1.29 is 4.39 Å². The molecule has 0 radical (unpaired) electrons. The SMILES string of the molecule is Fc1cccc(-c2cncc(Br)c2)n1. The van der Waals surface area contributed by atoms with Gasteiger partial charge in [0.15, 0.2) is 0 Å². The van der Waals surface area contributed by atoms with Crippen LogP contribution in [0.15, 0.2) is 41.1 Å². The molecule has 0 spiro atoms. The van der Waals surface area contributed by atoms with Gasteiger partial charge in [0.1, 0.15) is 0 Å². The highest BCUT2D eigenvalue weighted by atomic mass is 79.9. The van der Waals surface area contributed by atoms with Crippen LogP contribution < -0.4 is 0 Å². The summed E-state index contributed by atoms with van der Waals surface area (Å²) in [6.07, 6.45) is 3.31. The van der Waals surface area contributed by atoms with E-state index in [1.54, 1.807) is 24.5 Å². The van der Waals surface area contributed by atoms with Gasteiger partial charge < -0.3 is 0 Å². The molecule has 2 heterocycles. The summed E-state index contributed by atoms with van der Waals surface area (Å²) < 4.78 is 13.7. The first kappa shape index (κ1) is 9.27. The smallest absolute Gasteiger partial charge is 0.213 e. The molecule has 70 valence electrons. The summed E-state index contributed by atoms with van der Waals surface area (Å²) in [5.41, 5.74) is 1.37. The largest absolute Gasteiger partial charge is 0.263 e. The molecule has 2 rings (SSSR count). The Labute approximate surface area is 89.0 Å². The van der Waals surface area contributed by atoms with E-state index in [0.29, 0.717) is 5.69 Å². The third kappa shape index (κ3) is 1.96. The molecule has 0 fully saturated rings. The molecule has 0 aliphatic heterocycles. The van der Waals surface area contributed by atoms with Crippen LogP contribution in [0, 0.1) is 5.95 Å². The number of halogens is 2. The molecule has 2 aromatic rings. The number of rotatable bonds is 1. The fraction of sp³-hybridized carbons (Fsp3) is 0. The van der Waals surface area contributed by atoms with Gasteiger partial charge >= 0.3 is 0 Å². The molecular weight excluding hydrogens is 247 g/mol. The highest BCUT2D eigenvalue weighted by Crippen LogP contribution is 2.19. The Bertz CT molecular complexity index is 416. The summed E-state index contributed by atoms with van der Waals surface area (Å²) in [5, 5.41) is 0. The van der Waals surface area contributed by atoms with E-state index in [9.17, 15) is 4.39 Å². The molecule has 14 heavy (non-hydrogen) atoms. The molecule has 2 aromatic heterocycles. The zero-order chi connectivity index (χ0) is 9.97. The first-order valence-electron chi connectivity index (χ1n) is 3.99. The number of hydrogen-bond acceptors (Lipinski definition) is 2. The van der Waals surface area contributed by atoms with Crippen LogP contribution in [0.5, 0.6) is 0 Å². The number of nitrogens with zero attached hydrogens (tertiary/aromatic N) is 2. The van der Waals surface area contributed by atoms with Crippen molar-refractivity contribution in [2.45, 2.75) is 0 Å². The van der Waals surface area contributed by atoms with Crippen LogP contribution in [0.3, 0.4) is 0 Å². The number of pyridine rings is 2. The Balaban J connectivity index is 2.49. The molecule has 0 unspecified atom stereocenters. The van der Waals surface area contributed by atoms with E-state index in [-0.39, 0.29) is 0 Å². The minimum atomic E-state index is -0.484. The van der Waals surface area contributed by atoms with Gasteiger partial charge in [-0.3, -0.25) is 4.98 Å². The van der Waals surface area contributed by atoms with Gasteiger partial charge in [-0.25, -0.2) is 4.98 Å². The summed E-state index contributed by atoms with van der Waals surface area (Å²) >= 11 is 3.29. The van der Waals surface area contributed by atoms with Crippen LogP contribution in [0.1, 0.15) is 0 Å². The van der Waals surface area contributed by atoms with Gasteiger partial charge in [0.05, 0.1) is 5.69 Å². The Morgan fingerprint density at radius 2 is 2.07 bits per heavy atom. The fourth-order valence-corrected chi connectivity index (χ4v) is 1.49. The van der Waals surface area contributed by atoms with Crippen molar-refractivity contribution in [3.8, 4) is 11.3 Å². The average molecular weight is 253 g/mol. The maximum Gasteiger partial charge on any atom is 0.213 e. The van der Waals surface area contributed by atoms with Crippen LogP contribution in [0.25, 0.3) is 11.3 Å². The normalized spacial score (nSPS) is 10.1. The van der Waals surface area contributed by atoms with Crippen LogP contribution in [0.2, 0.25) is 0 Å². The average Bonchev–Trinajstić information content (AvgIpc) is 2.18. The third-order valence-corrected chi connectivity index (χ3v) is 2.15. The maximum absolute atomic E-state index is 12.8. The Kier molecular flexibility index (Phi) is 2.54. The second-order valence-corrected chi connectivity index (χ2v) is 3.65. The molecular formula is C10H6BrFN2. The zero-order valence-corrected chi connectivity index (χ0v) is 8.70. The van der Waals surface area contributed by atoms with Crippen molar-refractivity contribution >= 4 is 15.9 Å². The van der Waals surface area contributed by atoms with Crippen molar-refractivity contribution in [2.75, 3.05) is 0 Å². The van der Waals surface area contributed by atoms with Crippen LogP contribution >= 0.6 is 15.9 Å². The highest BCUT2D eigenvalue weighted by molar-refractivity contribution is 9.10. The molecule has 0 saturated heterocycles. The van der Waals surface area contributed by atoms with E-state index in [1.807, 2.05) is 6.07 Å². The summed E-state index contributed by atoms with van der Waals surface area (Å²) in [4.78, 5) is 7.74. The second-order valence-electron chi connectivity index (χ2n) is 2.74. The van der Waals surface area contributed by atoms with E-state index in [2.05, 4.69) is 25.9 Å². The molecule has 0 saturated carbocycles. The van der Waals surface area contributed by atoms with Gasteiger partial charge in [0, 0.05) is 22.4 Å². The summed E-state index contributed by atoms with van der Waals surface area (Å²) in [7, 11) is 0. The third-order valence-electron chi connectivity index (χ3n) is 1.72. The van der Waals surface area contributed by atoms with Gasteiger partial charge in [0.2, 0.25) is 5.95 Å². The Morgan fingerprint density at radius 1 is 1.21 bits per heavy atom. The lowest BCUT2D eigenvalue weighted by atomic mass is 10.2. The first-order valence-corrected chi connectivity index (χ1v) is 4.78. The number of hydrogen-bond donors (Lipinski definition) is 0. The fourth-order valence-electron chi connectivity index (χ4n) is 1.12. The minimum Gasteiger partial charge on any atom is -0.263 e. The Morgan fingerprint density at radius 3 is 2.79 bits per heavy atom. The van der Waals surface area contributed by atoms with Crippen LogP contribution in [0.4, 0.5) is 4.39 Å². The summed E-state index contributed by atoms with van der Waals surface area (Å²) in [6, 6.07) is 6.52. The van der Waals surface area contributed by atoms with Crippen LogP contribution in [-0.2, 0) is 0 Å². The maximum atomic E-state index is 12.8. The quantitative estimate of drug-likeness (QED) is 0.730. The molecule has 0 aliphatic rings. The summed E-state index contributed by atoms with van der Waals surface area (Å²) in [5.74, 6) is -0.484. The van der Waals surface area contributed by atoms with E-state index in [1.165, 1.54) is 6.07 Å². The molecule has 4 heteroatoms. The number of aromatic nitrogens is 2. The van der Waals surface area contributed by atoms with Gasteiger partial charge in [-0.2, -0.15) is 4.39 Å². The molecule has 0 N–H and O–H groups in total. The zero-order valence-electron chi connectivity index (χ0n) is 7.11. The van der Waals surface area contributed by atoms with Gasteiger partial charge in [0.25, 0.3) is 0 Å². The first-order chi connectivity index (χ1) is 6.75. The predicted molar refractivity (Wildman–Crippen MR) is 55.1 cm³/mol. The molecule has 0 atom stereocenters. The lowest BCUT2D eigenvalue weighted by molar-refractivity contribution is 0.585. The van der Waals surface area contributed by atoms with E-state index >= 15 is 0 Å². The van der Waals surface area contributed by atoms with E-state index < -0.39 is 5.95 Å². The van der Waals surface area contributed by atoms with Crippen LogP contribution in [-0.4, -0.2) is 9.97 Å². The highest BCUT2D eigenvalue weighted by Gasteiger charge is 2.01. The predicted octanol–water partition coefficient (Wildman–Crippen LogP) is 3.05. The van der Waals surface area contributed by atoms with Crippen molar-refractivity contribution in [1.29, 1.82) is 0 Å². The second kappa shape index (κ2) is 3.84. The Hall–Kier alpha value is -1.29. The molecule has 0 aromatic carbocycles. The monoisotopic (exact) mass is 252 g/mol. The lowest BCUT2D eigenvalue weighted by Gasteiger charge is -1.99. The standard InChI is InChI=1S/C10H6BrFN2/c11-8-4-7(5-13-6-8)9-2-1-3-10(12)14-9/h1-6H. The van der Waals surface area contributed by atoms with Gasteiger partial charge in [-0.15, -0.1) is 0 Å². The minimum absolute atomic E-state index is 0.484. The lowest BCUT2D eigenvalue weighted by Crippen LogP contribution is -1.87. The van der Waals surface area contributed by atoms with Crippen molar-refractivity contribution in [3.05, 3.63) is 47.1 Å². The molecule has 0 bridgehead atoms. The van der Waals surface area contributed by atoms with Gasteiger partial charge in [-0.05, 0) is 34.1 Å².